The molecule has 4 heteroatoms. The Morgan fingerprint density at radius 1 is 1.29 bits per heavy atom. The van der Waals surface area contributed by atoms with E-state index in [1.54, 1.807) is 0 Å². The molecule has 4 nitrogen and oxygen atoms in total. The van der Waals surface area contributed by atoms with Gasteiger partial charge in [-0.2, -0.15) is 0 Å². The number of carboxylic acid groups (broad SMARTS) is 1. The van der Waals surface area contributed by atoms with Crippen LogP contribution in [0.4, 0.5) is 0 Å². The maximum atomic E-state index is 11.7. The number of carbonyl (C=O) groups excluding carboxylic acids is 1. The Bertz CT molecular complexity index is 420. The minimum absolute atomic E-state index is 0.218. The molecule has 0 spiro atoms. The Kier molecular flexibility index (Phi) is 4.26. The molecule has 1 amide bonds. The molecule has 0 bridgehead atoms. The van der Waals surface area contributed by atoms with E-state index in [0.717, 1.165) is 16.7 Å². The summed E-state index contributed by atoms with van der Waals surface area (Å²) in [6.07, 6.45) is 0.218. The normalized spacial score (nSPS) is 11.9. The molecule has 1 aromatic carbocycles. The second-order valence-electron chi connectivity index (χ2n) is 4.17. The Balaban J connectivity index is 2.72. The fourth-order valence-electron chi connectivity index (χ4n) is 1.64. The Morgan fingerprint density at radius 3 is 2.29 bits per heavy atom. The van der Waals surface area contributed by atoms with Crippen LogP contribution in [0.3, 0.4) is 0 Å². The molecule has 0 heterocycles. The topological polar surface area (TPSA) is 66.4 Å². The molecule has 0 aliphatic rings. The van der Waals surface area contributed by atoms with Gasteiger partial charge in [0, 0.05) is 0 Å². The first-order valence-corrected chi connectivity index (χ1v) is 5.49. The Hall–Kier alpha value is -1.84. The average molecular weight is 235 g/mol. The maximum absolute atomic E-state index is 11.7. The highest BCUT2D eigenvalue weighted by atomic mass is 16.4. The molecule has 2 N–H and O–H groups in total. The van der Waals surface area contributed by atoms with Gasteiger partial charge < -0.3 is 10.4 Å². The highest BCUT2D eigenvalue weighted by Gasteiger charge is 2.15. The van der Waals surface area contributed by atoms with Gasteiger partial charge >= 0.3 is 5.97 Å². The zero-order chi connectivity index (χ0) is 13.0. The molecule has 17 heavy (non-hydrogen) atoms. The number of hydrogen-bond acceptors (Lipinski definition) is 2. The van der Waals surface area contributed by atoms with E-state index in [4.69, 9.17) is 5.11 Å². The van der Waals surface area contributed by atoms with Crippen LogP contribution in [0, 0.1) is 13.8 Å². The lowest BCUT2D eigenvalue weighted by atomic mass is 10.00. The summed E-state index contributed by atoms with van der Waals surface area (Å²) < 4.78 is 0. The molecule has 0 aromatic heterocycles. The van der Waals surface area contributed by atoms with Crippen LogP contribution in [0.15, 0.2) is 18.2 Å². The van der Waals surface area contributed by atoms with Crippen LogP contribution in [0.2, 0.25) is 0 Å². The fourth-order valence-corrected chi connectivity index (χ4v) is 1.64. The van der Waals surface area contributed by atoms with Gasteiger partial charge in [-0.15, -0.1) is 0 Å². The third-order valence-corrected chi connectivity index (χ3v) is 2.73. The van der Waals surface area contributed by atoms with Gasteiger partial charge in [0.15, 0.2) is 0 Å². The summed E-state index contributed by atoms with van der Waals surface area (Å²) in [5.41, 5.74) is 3.05. The molecule has 0 fully saturated rings. The fraction of sp³-hybridized carbons (Fsp3) is 0.385. The molecule has 1 rings (SSSR count). The van der Waals surface area contributed by atoms with Crippen molar-refractivity contribution >= 4 is 11.9 Å². The van der Waals surface area contributed by atoms with Crippen molar-refractivity contribution in [3.8, 4) is 0 Å². The number of amides is 1. The summed E-state index contributed by atoms with van der Waals surface area (Å²) in [5, 5.41) is 11.1. The van der Waals surface area contributed by atoms with Gasteiger partial charge in [0.2, 0.25) is 5.91 Å². The predicted molar refractivity (Wildman–Crippen MR) is 64.9 cm³/mol. The molecular weight excluding hydrogens is 218 g/mol. The van der Waals surface area contributed by atoms with Gasteiger partial charge in [0.05, 0.1) is 6.42 Å². The van der Waals surface area contributed by atoms with Gasteiger partial charge in [-0.3, -0.25) is 9.59 Å². The summed E-state index contributed by atoms with van der Waals surface area (Å²) in [4.78, 5) is 22.3. The first kappa shape index (κ1) is 13.2. The largest absolute Gasteiger partial charge is 0.480 e. The van der Waals surface area contributed by atoms with Crippen LogP contribution in [-0.4, -0.2) is 23.0 Å². The lowest BCUT2D eigenvalue weighted by Gasteiger charge is -2.12. The Labute approximate surface area is 101 Å². The Morgan fingerprint density at radius 2 is 1.82 bits per heavy atom. The van der Waals surface area contributed by atoms with Crippen molar-refractivity contribution in [1.82, 2.24) is 5.32 Å². The number of aliphatic carboxylic acids is 1. The van der Waals surface area contributed by atoms with Crippen molar-refractivity contribution in [2.45, 2.75) is 33.2 Å². The minimum atomic E-state index is -1.03. The maximum Gasteiger partial charge on any atom is 0.325 e. The minimum Gasteiger partial charge on any atom is -0.480 e. The lowest BCUT2D eigenvalue weighted by molar-refractivity contribution is -0.141. The zero-order valence-corrected chi connectivity index (χ0v) is 10.3. The summed E-state index contributed by atoms with van der Waals surface area (Å²) >= 11 is 0. The number of carboxylic acids is 1. The molecule has 92 valence electrons. The van der Waals surface area contributed by atoms with Crippen LogP contribution in [0.1, 0.15) is 23.6 Å². The van der Waals surface area contributed by atoms with Crippen molar-refractivity contribution in [3.05, 3.63) is 34.9 Å². The average Bonchev–Trinajstić information content (AvgIpc) is 2.23. The number of carbonyl (C=O) groups is 2. The quantitative estimate of drug-likeness (QED) is 0.829. The number of rotatable bonds is 4. The number of benzene rings is 1. The van der Waals surface area contributed by atoms with Crippen LogP contribution in [0.25, 0.3) is 0 Å². The molecule has 0 saturated heterocycles. The van der Waals surface area contributed by atoms with Gasteiger partial charge in [-0.25, -0.2) is 0 Å². The molecule has 0 radical (unpaired) electrons. The summed E-state index contributed by atoms with van der Waals surface area (Å²) in [6.45, 7) is 5.33. The van der Waals surface area contributed by atoms with E-state index >= 15 is 0 Å². The standard InChI is InChI=1S/C13H17NO3/c1-8-5-4-6-9(2)11(8)7-12(15)14-10(3)13(16)17/h4-6,10H,7H2,1-3H3,(H,14,15)(H,16,17)/t10-/m0/s1. The first-order chi connectivity index (χ1) is 7.91. The van der Waals surface area contributed by atoms with E-state index < -0.39 is 12.0 Å². The first-order valence-electron chi connectivity index (χ1n) is 5.49. The monoisotopic (exact) mass is 235 g/mol. The lowest BCUT2D eigenvalue weighted by Crippen LogP contribution is -2.39. The van der Waals surface area contributed by atoms with E-state index in [1.807, 2.05) is 32.0 Å². The third-order valence-electron chi connectivity index (χ3n) is 2.73. The third kappa shape index (κ3) is 3.59. The smallest absolute Gasteiger partial charge is 0.325 e. The van der Waals surface area contributed by atoms with E-state index in [9.17, 15) is 9.59 Å². The molecule has 0 aliphatic carbocycles. The molecule has 0 aliphatic heterocycles. The molecule has 0 saturated carbocycles. The number of hydrogen-bond donors (Lipinski definition) is 2. The van der Waals surface area contributed by atoms with Crippen molar-refractivity contribution in [1.29, 1.82) is 0 Å². The van der Waals surface area contributed by atoms with Crippen LogP contribution >= 0.6 is 0 Å². The van der Waals surface area contributed by atoms with E-state index in [-0.39, 0.29) is 12.3 Å². The highest BCUT2D eigenvalue weighted by Crippen LogP contribution is 2.13. The SMILES string of the molecule is Cc1cccc(C)c1CC(=O)N[C@@H](C)C(=O)O. The van der Waals surface area contributed by atoms with Gasteiger partial charge in [0.25, 0.3) is 0 Å². The summed E-state index contributed by atoms with van der Waals surface area (Å²) in [6, 6.07) is 4.96. The summed E-state index contributed by atoms with van der Waals surface area (Å²) in [5.74, 6) is -1.29. The van der Waals surface area contributed by atoms with Crippen LogP contribution in [0.5, 0.6) is 0 Å². The van der Waals surface area contributed by atoms with E-state index in [2.05, 4.69) is 5.32 Å². The van der Waals surface area contributed by atoms with E-state index in [0.29, 0.717) is 0 Å². The van der Waals surface area contributed by atoms with E-state index in [1.165, 1.54) is 6.92 Å². The number of nitrogens with one attached hydrogen (secondary N) is 1. The van der Waals surface area contributed by atoms with Crippen molar-refractivity contribution in [2.24, 2.45) is 0 Å². The van der Waals surface area contributed by atoms with Gasteiger partial charge in [0.1, 0.15) is 6.04 Å². The molecule has 0 unspecified atom stereocenters. The summed E-state index contributed by atoms with van der Waals surface area (Å²) in [7, 11) is 0. The second-order valence-corrected chi connectivity index (χ2v) is 4.17. The van der Waals surface area contributed by atoms with Crippen LogP contribution < -0.4 is 5.32 Å². The highest BCUT2D eigenvalue weighted by molar-refractivity contribution is 5.84. The number of aryl methyl sites for hydroxylation is 2. The van der Waals surface area contributed by atoms with Crippen LogP contribution in [-0.2, 0) is 16.0 Å². The van der Waals surface area contributed by atoms with Crippen molar-refractivity contribution in [2.75, 3.05) is 0 Å². The van der Waals surface area contributed by atoms with Gasteiger partial charge in [-0.1, -0.05) is 18.2 Å². The molecule has 1 aromatic rings. The van der Waals surface area contributed by atoms with Crippen molar-refractivity contribution in [3.63, 3.8) is 0 Å². The predicted octanol–water partition coefficient (Wildman–Crippen LogP) is 1.44. The molecular formula is C13H17NO3. The second kappa shape index (κ2) is 5.48. The molecule has 1 atom stereocenters. The van der Waals surface area contributed by atoms with Gasteiger partial charge in [-0.05, 0) is 37.5 Å². The van der Waals surface area contributed by atoms with Crippen molar-refractivity contribution < 1.29 is 14.7 Å². The zero-order valence-electron chi connectivity index (χ0n) is 10.3.